The second-order valence-corrected chi connectivity index (χ2v) is 4.54. The van der Waals surface area contributed by atoms with Gasteiger partial charge in [-0.05, 0) is 0 Å². The summed E-state index contributed by atoms with van der Waals surface area (Å²) in [7, 11) is -3.48. The molecule has 1 aromatic heterocycles. The fourth-order valence-corrected chi connectivity index (χ4v) is 1.52. The summed E-state index contributed by atoms with van der Waals surface area (Å²) in [5.74, 6) is -0.696. The monoisotopic (exact) mass is 206 g/mol. The largest absolute Gasteiger partial charge is 0.284 e. The molecule has 0 saturated carbocycles. The lowest BCUT2D eigenvalue weighted by atomic mass is 10.5. The normalized spacial score (nSPS) is 11.1. The van der Waals surface area contributed by atoms with Crippen LogP contribution >= 0.6 is 11.3 Å². The Morgan fingerprint density at radius 1 is 1.67 bits per heavy atom. The molecule has 0 aliphatic heterocycles. The van der Waals surface area contributed by atoms with E-state index >= 15 is 0 Å². The summed E-state index contributed by atoms with van der Waals surface area (Å²) in [6.45, 7) is 0. The van der Waals surface area contributed by atoms with Gasteiger partial charge in [-0.3, -0.25) is 4.79 Å². The second kappa shape index (κ2) is 3.20. The van der Waals surface area contributed by atoms with Gasteiger partial charge in [0.05, 0.1) is 11.8 Å². The van der Waals surface area contributed by atoms with E-state index in [0.29, 0.717) is 0 Å². The zero-order chi connectivity index (χ0) is 9.19. The zero-order valence-electron chi connectivity index (χ0n) is 6.14. The van der Waals surface area contributed by atoms with Crippen LogP contribution in [0.1, 0.15) is 10.5 Å². The summed E-state index contributed by atoms with van der Waals surface area (Å²) in [6.07, 6.45) is 0.914. The van der Waals surface area contributed by atoms with Gasteiger partial charge in [0.15, 0.2) is 0 Å². The van der Waals surface area contributed by atoms with Gasteiger partial charge in [-0.15, -0.1) is 11.3 Å². The first-order valence-corrected chi connectivity index (χ1v) is 5.73. The highest BCUT2D eigenvalue weighted by Crippen LogP contribution is 2.00. The van der Waals surface area contributed by atoms with Crippen molar-refractivity contribution in [3.8, 4) is 0 Å². The highest BCUT2D eigenvalue weighted by Gasteiger charge is 2.11. The lowest BCUT2D eigenvalue weighted by molar-refractivity contribution is 0.0977. The van der Waals surface area contributed by atoms with Crippen LogP contribution in [0.25, 0.3) is 0 Å². The predicted octanol–water partition coefficient (Wildman–Crippen LogP) is -0.167. The van der Waals surface area contributed by atoms with Crippen molar-refractivity contribution in [1.29, 1.82) is 0 Å². The number of rotatable bonds is 2. The van der Waals surface area contributed by atoms with Crippen molar-refractivity contribution in [2.24, 2.45) is 0 Å². The van der Waals surface area contributed by atoms with E-state index in [1.54, 1.807) is 4.72 Å². The van der Waals surface area contributed by atoms with Crippen LogP contribution in [0.5, 0.6) is 0 Å². The minimum absolute atomic E-state index is 0.116. The van der Waals surface area contributed by atoms with E-state index in [9.17, 15) is 13.2 Å². The van der Waals surface area contributed by atoms with Gasteiger partial charge < -0.3 is 0 Å². The van der Waals surface area contributed by atoms with Crippen LogP contribution in [0.3, 0.4) is 0 Å². The number of aromatic nitrogens is 1. The average molecular weight is 206 g/mol. The molecule has 66 valence electrons. The second-order valence-electron chi connectivity index (χ2n) is 2.08. The fraction of sp³-hybridized carbons (Fsp3) is 0.200. The number of carbonyl (C=O) groups is 1. The van der Waals surface area contributed by atoms with Gasteiger partial charge in [0, 0.05) is 5.38 Å². The molecule has 1 rings (SSSR count). The molecule has 5 nitrogen and oxygen atoms in total. The van der Waals surface area contributed by atoms with E-state index in [-0.39, 0.29) is 5.69 Å². The molecule has 0 aliphatic carbocycles. The molecule has 0 radical (unpaired) electrons. The molecule has 0 unspecified atom stereocenters. The van der Waals surface area contributed by atoms with Crippen molar-refractivity contribution >= 4 is 27.3 Å². The Kier molecular flexibility index (Phi) is 2.43. The Balaban J connectivity index is 2.76. The van der Waals surface area contributed by atoms with Gasteiger partial charge in [0.1, 0.15) is 5.69 Å². The maximum absolute atomic E-state index is 11.0. The predicted molar refractivity (Wildman–Crippen MR) is 44.4 cm³/mol. The number of carbonyl (C=O) groups excluding carboxylic acids is 1. The Hall–Kier alpha value is -0.950. The van der Waals surface area contributed by atoms with Crippen LogP contribution < -0.4 is 4.72 Å². The molecular formula is C5H6N2O3S2. The zero-order valence-corrected chi connectivity index (χ0v) is 7.78. The fourth-order valence-electron chi connectivity index (χ4n) is 0.545. The minimum atomic E-state index is -3.48. The number of amides is 1. The molecule has 7 heteroatoms. The summed E-state index contributed by atoms with van der Waals surface area (Å²) in [5, 5.41) is 1.47. The van der Waals surface area contributed by atoms with E-state index < -0.39 is 15.9 Å². The maximum Gasteiger partial charge on any atom is 0.284 e. The maximum atomic E-state index is 11.0. The quantitative estimate of drug-likeness (QED) is 0.729. The molecule has 0 spiro atoms. The molecule has 1 amide bonds. The lowest BCUT2D eigenvalue weighted by Crippen LogP contribution is -2.29. The van der Waals surface area contributed by atoms with E-state index in [2.05, 4.69) is 4.98 Å². The molecule has 0 bridgehead atoms. The van der Waals surface area contributed by atoms with Crippen molar-refractivity contribution in [3.05, 3.63) is 16.6 Å². The first kappa shape index (κ1) is 9.14. The Labute approximate surface area is 73.5 Å². The molecule has 0 saturated heterocycles. The van der Waals surface area contributed by atoms with E-state index in [4.69, 9.17) is 0 Å². The molecule has 0 atom stereocenters. The summed E-state index contributed by atoms with van der Waals surface area (Å²) >= 11 is 1.23. The van der Waals surface area contributed by atoms with E-state index in [1.807, 2.05) is 0 Å². The van der Waals surface area contributed by atoms with Gasteiger partial charge in [0.25, 0.3) is 5.91 Å². The number of thiazole rings is 1. The van der Waals surface area contributed by atoms with Gasteiger partial charge >= 0.3 is 0 Å². The molecule has 12 heavy (non-hydrogen) atoms. The van der Waals surface area contributed by atoms with Gasteiger partial charge in [0.2, 0.25) is 10.0 Å². The Morgan fingerprint density at radius 3 is 2.75 bits per heavy atom. The van der Waals surface area contributed by atoms with Crippen LogP contribution in [0.2, 0.25) is 0 Å². The van der Waals surface area contributed by atoms with Crippen LogP contribution in [-0.2, 0) is 10.0 Å². The van der Waals surface area contributed by atoms with E-state index in [0.717, 1.165) is 6.26 Å². The third-order valence-electron chi connectivity index (χ3n) is 0.943. The topological polar surface area (TPSA) is 76.1 Å². The van der Waals surface area contributed by atoms with Crippen LogP contribution in [0, 0.1) is 0 Å². The third-order valence-corrected chi connectivity index (χ3v) is 2.09. The smallest absolute Gasteiger partial charge is 0.266 e. The molecule has 0 aliphatic rings. The number of hydrogen-bond acceptors (Lipinski definition) is 5. The molecule has 0 fully saturated rings. The number of hydrogen-bond donors (Lipinski definition) is 1. The van der Waals surface area contributed by atoms with Gasteiger partial charge in [-0.1, -0.05) is 0 Å². The van der Waals surface area contributed by atoms with Gasteiger partial charge in [-0.2, -0.15) is 0 Å². The molecule has 1 aromatic rings. The molecule has 0 aromatic carbocycles. The molecular weight excluding hydrogens is 200 g/mol. The van der Waals surface area contributed by atoms with Crippen molar-refractivity contribution in [1.82, 2.24) is 9.71 Å². The standard InChI is InChI=1S/C5H6N2O3S2/c1-12(9,10)7-5(8)4-2-11-3-6-4/h2-3H,1H3,(H,7,8). The third kappa shape index (κ3) is 2.59. The van der Waals surface area contributed by atoms with Crippen molar-refractivity contribution < 1.29 is 13.2 Å². The number of nitrogens with zero attached hydrogens (tertiary/aromatic N) is 1. The Bertz CT molecular complexity index is 367. The highest BCUT2D eigenvalue weighted by atomic mass is 32.2. The minimum Gasteiger partial charge on any atom is -0.266 e. The van der Waals surface area contributed by atoms with Crippen LogP contribution in [0.15, 0.2) is 10.9 Å². The van der Waals surface area contributed by atoms with E-state index in [1.165, 1.54) is 22.2 Å². The summed E-state index contributed by atoms with van der Waals surface area (Å²) in [6, 6.07) is 0. The first-order chi connectivity index (χ1) is 5.49. The van der Waals surface area contributed by atoms with Crippen molar-refractivity contribution in [2.45, 2.75) is 0 Å². The van der Waals surface area contributed by atoms with Crippen LogP contribution in [0.4, 0.5) is 0 Å². The SMILES string of the molecule is CS(=O)(=O)NC(=O)c1cscn1. The summed E-state index contributed by atoms with van der Waals surface area (Å²) in [5.41, 5.74) is 1.57. The average Bonchev–Trinajstić information content (AvgIpc) is 2.32. The summed E-state index contributed by atoms with van der Waals surface area (Å²) in [4.78, 5) is 14.6. The molecule has 1 N–H and O–H groups in total. The first-order valence-electron chi connectivity index (χ1n) is 2.89. The summed E-state index contributed by atoms with van der Waals surface area (Å²) < 4.78 is 23.0. The Morgan fingerprint density at radius 2 is 2.33 bits per heavy atom. The van der Waals surface area contributed by atoms with Crippen LogP contribution in [-0.4, -0.2) is 25.6 Å². The lowest BCUT2D eigenvalue weighted by Gasteiger charge is -1.97. The van der Waals surface area contributed by atoms with Crippen molar-refractivity contribution in [3.63, 3.8) is 0 Å². The number of nitrogens with one attached hydrogen (secondary N) is 1. The van der Waals surface area contributed by atoms with Crippen molar-refractivity contribution in [2.75, 3.05) is 6.26 Å². The van der Waals surface area contributed by atoms with Gasteiger partial charge in [-0.25, -0.2) is 18.1 Å². The highest BCUT2D eigenvalue weighted by molar-refractivity contribution is 7.89. The number of sulfonamides is 1. The molecule has 1 heterocycles.